The molecule has 0 saturated carbocycles. The average Bonchev–Trinajstić information content (AvgIpc) is 2.75. The zero-order chi connectivity index (χ0) is 22.0. The van der Waals surface area contributed by atoms with Crippen LogP contribution in [0.25, 0.3) is 17.0 Å². The lowest BCUT2D eigenvalue weighted by Crippen LogP contribution is -2.47. The Morgan fingerprint density at radius 1 is 0.968 bits per heavy atom. The molecule has 0 amide bonds. The molecule has 3 aromatic rings. The molecule has 31 heavy (non-hydrogen) atoms. The molecule has 1 saturated heterocycles. The van der Waals surface area contributed by atoms with Crippen molar-refractivity contribution >= 4 is 27.1 Å². The van der Waals surface area contributed by atoms with E-state index in [4.69, 9.17) is 4.42 Å². The monoisotopic (exact) mass is 438 g/mol. The Morgan fingerprint density at radius 2 is 1.65 bits per heavy atom. The van der Waals surface area contributed by atoms with Gasteiger partial charge in [-0.25, -0.2) is 13.2 Å². The van der Waals surface area contributed by atoms with Gasteiger partial charge in [-0.3, -0.25) is 4.90 Å². The summed E-state index contributed by atoms with van der Waals surface area (Å²) in [6.07, 6.45) is 1.63. The van der Waals surface area contributed by atoms with E-state index in [9.17, 15) is 13.2 Å². The number of aryl methyl sites for hydroxylation is 2. The molecule has 0 atom stereocenters. The van der Waals surface area contributed by atoms with E-state index in [1.807, 2.05) is 50.2 Å². The predicted molar refractivity (Wildman–Crippen MR) is 123 cm³/mol. The van der Waals surface area contributed by atoms with Crippen LogP contribution in [0, 0.1) is 13.8 Å². The summed E-state index contributed by atoms with van der Waals surface area (Å²) in [5, 5.41) is 2.21. The van der Waals surface area contributed by atoms with Crippen molar-refractivity contribution in [1.82, 2.24) is 9.21 Å². The van der Waals surface area contributed by atoms with Crippen LogP contribution in [0.4, 0.5) is 0 Å². The molecule has 1 aromatic heterocycles. The first-order valence-corrected chi connectivity index (χ1v) is 11.8. The molecule has 1 aliphatic heterocycles. The van der Waals surface area contributed by atoms with Crippen LogP contribution >= 0.6 is 0 Å². The van der Waals surface area contributed by atoms with Crippen molar-refractivity contribution < 1.29 is 12.8 Å². The highest BCUT2D eigenvalue weighted by Crippen LogP contribution is 2.23. The highest BCUT2D eigenvalue weighted by molar-refractivity contribution is 7.92. The SMILES string of the molecule is Cc1cc2oc(=O)cc(CN3CCN(S(=O)(=O)/C=C/c4ccccc4)CC3)c2cc1C. The van der Waals surface area contributed by atoms with Gasteiger partial charge in [0.2, 0.25) is 10.0 Å². The third-order valence-electron chi connectivity index (χ3n) is 5.76. The smallest absolute Gasteiger partial charge is 0.336 e. The van der Waals surface area contributed by atoms with Crippen molar-refractivity contribution in [2.24, 2.45) is 0 Å². The lowest BCUT2D eigenvalue weighted by atomic mass is 10.0. The summed E-state index contributed by atoms with van der Waals surface area (Å²) in [6.45, 7) is 6.65. The van der Waals surface area contributed by atoms with E-state index in [-0.39, 0.29) is 5.63 Å². The molecule has 4 rings (SSSR count). The second-order valence-electron chi connectivity index (χ2n) is 7.96. The van der Waals surface area contributed by atoms with Crippen LogP contribution in [0.5, 0.6) is 0 Å². The molecule has 2 aromatic carbocycles. The van der Waals surface area contributed by atoms with Gasteiger partial charge in [-0.05, 0) is 54.3 Å². The first kappa shape index (κ1) is 21.5. The third-order valence-corrected chi connectivity index (χ3v) is 7.33. The minimum atomic E-state index is -3.47. The van der Waals surface area contributed by atoms with Gasteiger partial charge in [0.25, 0.3) is 0 Å². The highest BCUT2D eigenvalue weighted by atomic mass is 32.2. The maximum Gasteiger partial charge on any atom is 0.336 e. The Balaban J connectivity index is 1.46. The fraction of sp³-hybridized carbons (Fsp3) is 0.292. The molecule has 6 nitrogen and oxygen atoms in total. The quantitative estimate of drug-likeness (QED) is 0.570. The van der Waals surface area contributed by atoms with Gasteiger partial charge in [-0.2, -0.15) is 4.31 Å². The summed E-state index contributed by atoms with van der Waals surface area (Å²) >= 11 is 0. The molecule has 0 N–H and O–H groups in total. The standard InChI is InChI=1S/C24H26N2O4S/c1-18-14-22-21(16-24(27)30-23(22)15-19(18)2)17-25-9-11-26(12-10-25)31(28,29)13-8-20-6-4-3-5-7-20/h3-8,13-16H,9-12,17H2,1-2H3/b13-8+. The molecular formula is C24H26N2O4S. The van der Waals surface area contributed by atoms with E-state index in [0.717, 1.165) is 27.6 Å². The van der Waals surface area contributed by atoms with Crippen molar-refractivity contribution in [1.29, 1.82) is 0 Å². The largest absolute Gasteiger partial charge is 0.423 e. The topological polar surface area (TPSA) is 70.8 Å². The summed E-state index contributed by atoms with van der Waals surface area (Å²) in [5.41, 5.74) is 4.22. The molecule has 162 valence electrons. The maximum atomic E-state index is 12.7. The number of piperazine rings is 1. The van der Waals surface area contributed by atoms with Gasteiger partial charge in [0.1, 0.15) is 5.58 Å². The van der Waals surface area contributed by atoms with Crippen molar-refractivity contribution in [3.8, 4) is 0 Å². The number of hydrogen-bond donors (Lipinski definition) is 0. The molecule has 0 unspecified atom stereocenters. The normalized spacial score (nSPS) is 16.3. The van der Waals surface area contributed by atoms with Crippen LogP contribution in [0.2, 0.25) is 0 Å². The Morgan fingerprint density at radius 3 is 2.35 bits per heavy atom. The van der Waals surface area contributed by atoms with Gasteiger partial charge in [0.15, 0.2) is 0 Å². The van der Waals surface area contributed by atoms with Crippen LogP contribution in [-0.2, 0) is 16.6 Å². The van der Waals surface area contributed by atoms with Crippen molar-refractivity contribution in [3.05, 3.63) is 86.6 Å². The van der Waals surface area contributed by atoms with Crippen LogP contribution < -0.4 is 5.63 Å². The van der Waals surface area contributed by atoms with Crippen molar-refractivity contribution in [2.45, 2.75) is 20.4 Å². The zero-order valence-electron chi connectivity index (χ0n) is 17.7. The molecule has 1 fully saturated rings. The Bertz CT molecular complexity index is 1270. The Hall–Kier alpha value is -2.74. The van der Waals surface area contributed by atoms with E-state index in [1.165, 1.54) is 9.71 Å². The van der Waals surface area contributed by atoms with Gasteiger partial charge in [-0.15, -0.1) is 0 Å². The van der Waals surface area contributed by atoms with Crippen LogP contribution in [-0.4, -0.2) is 43.8 Å². The third kappa shape index (κ3) is 4.95. The van der Waals surface area contributed by atoms with E-state index < -0.39 is 10.0 Å². The molecule has 0 radical (unpaired) electrons. The van der Waals surface area contributed by atoms with Gasteiger partial charge in [0.05, 0.1) is 0 Å². The molecule has 7 heteroatoms. The predicted octanol–water partition coefficient (Wildman–Crippen LogP) is 3.53. The molecule has 2 heterocycles. The number of sulfonamides is 1. The summed E-state index contributed by atoms with van der Waals surface area (Å²) in [4.78, 5) is 14.2. The zero-order valence-corrected chi connectivity index (χ0v) is 18.6. The van der Waals surface area contributed by atoms with Crippen molar-refractivity contribution in [2.75, 3.05) is 26.2 Å². The molecule has 0 spiro atoms. The highest BCUT2D eigenvalue weighted by Gasteiger charge is 2.25. The van der Waals surface area contributed by atoms with Gasteiger partial charge >= 0.3 is 5.63 Å². The fourth-order valence-corrected chi connectivity index (χ4v) is 4.99. The van der Waals surface area contributed by atoms with E-state index >= 15 is 0 Å². The van der Waals surface area contributed by atoms with Crippen LogP contribution in [0.3, 0.4) is 0 Å². The number of benzene rings is 2. The maximum absolute atomic E-state index is 12.7. The summed E-state index contributed by atoms with van der Waals surface area (Å²) in [5.74, 6) is 0. The number of hydrogen-bond acceptors (Lipinski definition) is 5. The molecule has 0 aliphatic carbocycles. The second kappa shape index (κ2) is 8.78. The lowest BCUT2D eigenvalue weighted by Gasteiger charge is -2.33. The molecular weight excluding hydrogens is 412 g/mol. The summed E-state index contributed by atoms with van der Waals surface area (Å²) < 4.78 is 32.3. The minimum absolute atomic E-state index is 0.363. The van der Waals surface area contributed by atoms with Crippen LogP contribution in [0.1, 0.15) is 22.3 Å². The van der Waals surface area contributed by atoms with E-state index in [2.05, 4.69) is 11.0 Å². The van der Waals surface area contributed by atoms with Crippen LogP contribution in [0.15, 0.2) is 63.2 Å². The summed E-state index contributed by atoms with van der Waals surface area (Å²) in [7, 11) is -3.47. The molecule has 0 bridgehead atoms. The van der Waals surface area contributed by atoms with Gasteiger partial charge in [0, 0.05) is 49.6 Å². The van der Waals surface area contributed by atoms with Gasteiger partial charge in [-0.1, -0.05) is 30.3 Å². The average molecular weight is 439 g/mol. The minimum Gasteiger partial charge on any atom is -0.423 e. The van der Waals surface area contributed by atoms with Crippen molar-refractivity contribution in [3.63, 3.8) is 0 Å². The first-order valence-electron chi connectivity index (χ1n) is 10.3. The van der Waals surface area contributed by atoms with Gasteiger partial charge < -0.3 is 4.42 Å². The Labute approximate surface area is 182 Å². The number of rotatable bonds is 5. The Kier molecular flexibility index (Phi) is 6.09. The first-order chi connectivity index (χ1) is 14.8. The van der Waals surface area contributed by atoms with E-state index in [0.29, 0.717) is 38.3 Å². The number of fused-ring (bicyclic) bond motifs is 1. The number of nitrogens with zero attached hydrogens (tertiary/aromatic N) is 2. The summed E-state index contributed by atoms with van der Waals surface area (Å²) in [6, 6.07) is 14.9. The fourth-order valence-electron chi connectivity index (χ4n) is 3.81. The second-order valence-corrected chi connectivity index (χ2v) is 9.78. The van der Waals surface area contributed by atoms with E-state index in [1.54, 1.807) is 12.1 Å². The molecule has 1 aliphatic rings. The lowest BCUT2D eigenvalue weighted by molar-refractivity contribution is 0.183.